The zero-order valence-corrected chi connectivity index (χ0v) is 15.5. The van der Waals surface area contributed by atoms with Gasteiger partial charge in [-0.05, 0) is 12.8 Å². The van der Waals surface area contributed by atoms with Gasteiger partial charge in [0.15, 0.2) is 11.6 Å². The molecule has 8 nitrogen and oxygen atoms in total. The predicted molar refractivity (Wildman–Crippen MR) is 99.8 cm³/mol. The fraction of sp³-hybridized carbons (Fsp3) is 0.389. The molecule has 4 rings (SSSR count). The van der Waals surface area contributed by atoms with Crippen molar-refractivity contribution < 1.29 is 13.6 Å². The number of aromatic nitrogens is 5. The number of alkyl halides is 2. The van der Waals surface area contributed by atoms with Crippen LogP contribution in [0.25, 0.3) is 16.7 Å². The van der Waals surface area contributed by atoms with Crippen LogP contribution in [0.3, 0.4) is 0 Å². The van der Waals surface area contributed by atoms with E-state index in [4.69, 9.17) is 0 Å². The molecule has 1 aliphatic heterocycles. The maximum absolute atomic E-state index is 13.7. The number of nitrogens with one attached hydrogen (secondary N) is 1. The van der Waals surface area contributed by atoms with E-state index < -0.39 is 11.7 Å². The van der Waals surface area contributed by atoms with Gasteiger partial charge in [-0.2, -0.15) is 8.78 Å². The highest BCUT2D eigenvalue weighted by Gasteiger charge is 2.29. The third-order valence-electron chi connectivity index (χ3n) is 4.51. The van der Waals surface area contributed by atoms with E-state index in [2.05, 4.69) is 30.3 Å². The van der Waals surface area contributed by atoms with Crippen molar-refractivity contribution in [1.29, 1.82) is 0 Å². The van der Waals surface area contributed by atoms with Crippen LogP contribution in [0.1, 0.15) is 32.5 Å². The lowest BCUT2D eigenvalue weighted by molar-refractivity contribution is -0.114. The van der Waals surface area contributed by atoms with E-state index >= 15 is 0 Å². The summed E-state index contributed by atoms with van der Waals surface area (Å²) in [5.74, 6) is -2.70. The second-order valence-corrected chi connectivity index (χ2v) is 6.82. The maximum Gasteiger partial charge on any atom is 0.303 e. The van der Waals surface area contributed by atoms with E-state index in [-0.39, 0.29) is 11.7 Å². The van der Waals surface area contributed by atoms with Crippen LogP contribution in [0.15, 0.2) is 24.5 Å². The first-order valence-corrected chi connectivity index (χ1v) is 8.96. The number of hydrogen-bond donors (Lipinski definition) is 1. The van der Waals surface area contributed by atoms with Gasteiger partial charge in [0.2, 0.25) is 11.7 Å². The smallest absolute Gasteiger partial charge is 0.303 e. The molecular formula is C18H19F2N7O. The number of nitrogens with zero attached hydrogens (tertiary/aromatic N) is 6. The van der Waals surface area contributed by atoms with Crippen LogP contribution in [-0.2, 0) is 10.7 Å². The van der Waals surface area contributed by atoms with Gasteiger partial charge in [-0.1, -0.05) is 0 Å². The third kappa shape index (κ3) is 3.37. The average molecular weight is 387 g/mol. The molecule has 1 fully saturated rings. The first kappa shape index (κ1) is 18.2. The number of rotatable bonds is 4. The lowest BCUT2D eigenvalue weighted by Gasteiger charge is -2.14. The quantitative estimate of drug-likeness (QED) is 0.741. The zero-order valence-electron chi connectivity index (χ0n) is 15.5. The van der Waals surface area contributed by atoms with Gasteiger partial charge in [-0.25, -0.2) is 19.6 Å². The second kappa shape index (κ2) is 6.77. The number of carbonyl (C=O) groups excluding carboxylic acids is 1. The molecule has 4 heterocycles. The van der Waals surface area contributed by atoms with Crippen molar-refractivity contribution in [3.8, 4) is 5.82 Å². The van der Waals surface area contributed by atoms with Crippen LogP contribution in [0.2, 0.25) is 0 Å². The van der Waals surface area contributed by atoms with E-state index in [0.29, 0.717) is 11.3 Å². The van der Waals surface area contributed by atoms with E-state index in [1.165, 1.54) is 23.9 Å². The van der Waals surface area contributed by atoms with Crippen LogP contribution in [0.5, 0.6) is 0 Å². The summed E-state index contributed by atoms with van der Waals surface area (Å²) in [6.07, 6.45) is 5.04. The third-order valence-corrected chi connectivity index (χ3v) is 4.51. The lowest BCUT2D eigenvalue weighted by atomic mass is 10.3. The monoisotopic (exact) mass is 387 g/mol. The van der Waals surface area contributed by atoms with Crippen molar-refractivity contribution in [2.75, 3.05) is 23.3 Å². The summed E-state index contributed by atoms with van der Waals surface area (Å²) in [4.78, 5) is 25.5. The molecule has 0 unspecified atom stereocenters. The molecule has 28 heavy (non-hydrogen) atoms. The van der Waals surface area contributed by atoms with E-state index in [1.807, 2.05) is 0 Å². The highest BCUT2D eigenvalue weighted by molar-refractivity contribution is 5.95. The SMILES string of the molecule is CC(=O)Nc1cc2c(cn1)c(N1CCCC1)nn2-c1ccnc(C(C)(F)F)n1. The molecule has 0 aromatic carbocycles. The van der Waals surface area contributed by atoms with Crippen molar-refractivity contribution >= 4 is 28.4 Å². The Morgan fingerprint density at radius 1 is 1.25 bits per heavy atom. The minimum absolute atomic E-state index is 0.224. The number of hydrogen-bond acceptors (Lipinski definition) is 6. The summed E-state index contributed by atoms with van der Waals surface area (Å²) in [5.41, 5.74) is 0.615. The van der Waals surface area contributed by atoms with Crippen LogP contribution < -0.4 is 10.2 Å². The molecule has 0 bridgehead atoms. The summed E-state index contributed by atoms with van der Waals surface area (Å²) in [6.45, 7) is 3.86. The minimum atomic E-state index is -3.17. The van der Waals surface area contributed by atoms with Gasteiger partial charge in [-0.3, -0.25) is 4.79 Å². The second-order valence-electron chi connectivity index (χ2n) is 6.82. The molecule has 0 aliphatic carbocycles. The van der Waals surface area contributed by atoms with Crippen LogP contribution in [-0.4, -0.2) is 43.7 Å². The summed E-state index contributed by atoms with van der Waals surface area (Å²) in [7, 11) is 0. The van der Waals surface area contributed by atoms with Crippen molar-refractivity contribution in [3.05, 3.63) is 30.4 Å². The normalized spacial score (nSPS) is 14.6. The Labute approximate surface area is 159 Å². The maximum atomic E-state index is 13.7. The van der Waals surface area contributed by atoms with E-state index in [0.717, 1.165) is 44.1 Å². The topological polar surface area (TPSA) is 88.8 Å². The van der Waals surface area contributed by atoms with Crippen molar-refractivity contribution in [1.82, 2.24) is 24.7 Å². The van der Waals surface area contributed by atoms with Gasteiger partial charge < -0.3 is 10.2 Å². The van der Waals surface area contributed by atoms with Crippen LogP contribution in [0, 0.1) is 0 Å². The Balaban J connectivity index is 1.89. The van der Waals surface area contributed by atoms with E-state index in [1.54, 1.807) is 12.3 Å². The van der Waals surface area contributed by atoms with Gasteiger partial charge >= 0.3 is 5.92 Å². The number of pyridine rings is 1. The number of carbonyl (C=O) groups is 1. The van der Waals surface area contributed by atoms with Crippen LogP contribution in [0.4, 0.5) is 20.4 Å². The van der Waals surface area contributed by atoms with Crippen LogP contribution >= 0.6 is 0 Å². The first-order valence-electron chi connectivity index (χ1n) is 8.96. The Morgan fingerprint density at radius 2 is 2.00 bits per heavy atom. The summed E-state index contributed by atoms with van der Waals surface area (Å²) >= 11 is 0. The van der Waals surface area contributed by atoms with E-state index in [9.17, 15) is 13.6 Å². The molecule has 10 heteroatoms. The molecule has 1 aliphatic rings. The molecule has 0 saturated carbocycles. The number of anilines is 2. The molecule has 3 aromatic heterocycles. The van der Waals surface area contributed by atoms with Gasteiger partial charge in [0.25, 0.3) is 0 Å². The van der Waals surface area contributed by atoms with Crippen molar-refractivity contribution in [3.63, 3.8) is 0 Å². The van der Waals surface area contributed by atoms with Gasteiger partial charge in [-0.15, -0.1) is 5.10 Å². The number of amides is 1. The lowest BCUT2D eigenvalue weighted by Crippen LogP contribution is -2.19. The molecule has 1 amide bonds. The fourth-order valence-electron chi connectivity index (χ4n) is 3.26. The molecule has 3 aromatic rings. The molecule has 0 atom stereocenters. The Bertz CT molecular complexity index is 1040. The first-order chi connectivity index (χ1) is 13.3. The fourth-order valence-corrected chi connectivity index (χ4v) is 3.26. The van der Waals surface area contributed by atoms with Crippen molar-refractivity contribution in [2.24, 2.45) is 0 Å². The largest absolute Gasteiger partial charge is 0.355 e. The molecule has 0 spiro atoms. The highest BCUT2D eigenvalue weighted by atomic mass is 19.3. The summed E-state index contributed by atoms with van der Waals surface area (Å²) in [5, 5.41) is 8.04. The molecule has 146 valence electrons. The molecular weight excluding hydrogens is 368 g/mol. The highest BCUT2D eigenvalue weighted by Crippen LogP contribution is 2.31. The molecule has 0 radical (unpaired) electrons. The minimum Gasteiger partial charge on any atom is -0.355 e. The number of halogens is 2. The zero-order chi connectivity index (χ0) is 19.9. The van der Waals surface area contributed by atoms with Gasteiger partial charge in [0.1, 0.15) is 5.82 Å². The Kier molecular flexibility index (Phi) is 4.40. The molecule has 1 saturated heterocycles. The average Bonchev–Trinajstić information content (AvgIpc) is 3.28. The number of fused-ring (bicyclic) bond motifs is 1. The van der Waals surface area contributed by atoms with Gasteiger partial charge in [0.05, 0.1) is 10.9 Å². The predicted octanol–water partition coefficient (Wildman–Crippen LogP) is 2.88. The summed E-state index contributed by atoms with van der Waals surface area (Å²) < 4.78 is 28.9. The Morgan fingerprint density at radius 3 is 2.68 bits per heavy atom. The van der Waals surface area contributed by atoms with Crippen molar-refractivity contribution in [2.45, 2.75) is 32.6 Å². The van der Waals surface area contributed by atoms with Gasteiger partial charge in [0, 0.05) is 51.5 Å². The summed E-state index contributed by atoms with van der Waals surface area (Å²) in [6, 6.07) is 3.18. The standard InChI is InChI=1S/C18H19F2N7O/c1-11(28)23-14-9-13-12(10-22-14)16(26-7-3-4-8-26)25-27(13)15-5-6-21-17(24-15)18(2,19)20/h5-6,9-10H,3-4,7-8H2,1-2H3,(H,22,23,28). The molecule has 1 N–H and O–H groups in total. The Hall–Kier alpha value is -3.17.